The number of benzene rings is 1. The van der Waals surface area contributed by atoms with Crippen LogP contribution in [-0.2, 0) is 16.4 Å². The predicted octanol–water partition coefficient (Wildman–Crippen LogP) is 3.24. The number of fused-ring (bicyclic) bond motifs is 1. The second-order valence-corrected chi connectivity index (χ2v) is 8.76. The Morgan fingerprint density at radius 2 is 2.00 bits per heavy atom. The zero-order valence-electron chi connectivity index (χ0n) is 16.0. The van der Waals surface area contributed by atoms with E-state index in [1.165, 1.54) is 5.56 Å². The summed E-state index contributed by atoms with van der Waals surface area (Å²) in [6.07, 6.45) is 7.28. The molecule has 2 rings (SSSR count). The number of hydrogen-bond acceptors (Lipinski definition) is 4. The molecule has 146 valence electrons. The standard InChI is InChI=1S/C19H31N3O3S/c1-4-5-6-7-8-19(26(20,23)24)25-16-9-10-18-17(13-16)15(14-21-18)11-12-22(2)3/h9-10,13-14,19,21H,4-8,11-12H2,1-3H3,(H2,20,23,24). The topological polar surface area (TPSA) is 88.4 Å². The van der Waals surface area contributed by atoms with Crippen molar-refractivity contribution in [2.45, 2.75) is 50.9 Å². The van der Waals surface area contributed by atoms with E-state index < -0.39 is 15.5 Å². The second-order valence-electron chi connectivity index (χ2n) is 7.06. The smallest absolute Gasteiger partial charge is 0.247 e. The Bertz CT molecular complexity index is 799. The highest BCUT2D eigenvalue weighted by Crippen LogP contribution is 2.26. The molecule has 0 spiro atoms. The molecule has 26 heavy (non-hydrogen) atoms. The number of hydrogen-bond donors (Lipinski definition) is 2. The van der Waals surface area contributed by atoms with Crippen LogP contribution in [0.2, 0.25) is 0 Å². The summed E-state index contributed by atoms with van der Waals surface area (Å²) in [4.78, 5) is 5.39. The van der Waals surface area contributed by atoms with E-state index >= 15 is 0 Å². The van der Waals surface area contributed by atoms with Crippen LogP contribution in [0.3, 0.4) is 0 Å². The van der Waals surface area contributed by atoms with Crippen molar-refractivity contribution in [3.8, 4) is 5.75 Å². The number of primary sulfonamides is 1. The van der Waals surface area contributed by atoms with E-state index in [1.807, 2.05) is 32.4 Å². The van der Waals surface area contributed by atoms with Gasteiger partial charge in [0.25, 0.3) is 0 Å². The molecule has 0 bridgehead atoms. The lowest BCUT2D eigenvalue weighted by Crippen LogP contribution is -2.33. The summed E-state index contributed by atoms with van der Waals surface area (Å²) in [6.45, 7) is 3.06. The van der Waals surface area contributed by atoms with Crippen LogP contribution in [0.5, 0.6) is 5.75 Å². The van der Waals surface area contributed by atoms with Gasteiger partial charge in [0.15, 0.2) is 0 Å². The number of likely N-dealkylation sites (N-methyl/N-ethyl adjacent to an activating group) is 1. The molecule has 3 N–H and O–H groups in total. The third kappa shape index (κ3) is 6.00. The zero-order valence-corrected chi connectivity index (χ0v) is 16.8. The summed E-state index contributed by atoms with van der Waals surface area (Å²) in [5.41, 5.74) is 1.21. The number of unbranched alkanes of at least 4 members (excludes halogenated alkanes) is 3. The van der Waals surface area contributed by atoms with Crippen LogP contribution in [0.15, 0.2) is 24.4 Å². The van der Waals surface area contributed by atoms with Crippen LogP contribution in [0.4, 0.5) is 0 Å². The van der Waals surface area contributed by atoms with Crippen molar-refractivity contribution in [2.75, 3.05) is 20.6 Å². The maximum absolute atomic E-state index is 11.9. The number of nitrogens with one attached hydrogen (secondary N) is 1. The highest BCUT2D eigenvalue weighted by Gasteiger charge is 2.23. The average molecular weight is 382 g/mol. The van der Waals surface area contributed by atoms with Gasteiger partial charge in [0, 0.05) is 30.1 Å². The van der Waals surface area contributed by atoms with Crippen LogP contribution >= 0.6 is 0 Å². The second kappa shape index (κ2) is 9.39. The van der Waals surface area contributed by atoms with E-state index in [0.29, 0.717) is 12.2 Å². The maximum Gasteiger partial charge on any atom is 0.247 e. The van der Waals surface area contributed by atoms with Crippen molar-refractivity contribution in [2.24, 2.45) is 5.14 Å². The van der Waals surface area contributed by atoms with E-state index in [2.05, 4.69) is 16.8 Å². The van der Waals surface area contributed by atoms with Gasteiger partial charge in [0.05, 0.1) is 0 Å². The first kappa shape index (κ1) is 20.7. The number of aromatic amines is 1. The monoisotopic (exact) mass is 381 g/mol. The van der Waals surface area contributed by atoms with Gasteiger partial charge in [-0.05, 0) is 50.7 Å². The minimum Gasteiger partial charge on any atom is -0.473 e. The Morgan fingerprint density at radius 1 is 1.23 bits per heavy atom. The quantitative estimate of drug-likeness (QED) is 0.585. The van der Waals surface area contributed by atoms with Gasteiger partial charge in [-0.2, -0.15) is 0 Å². The molecular formula is C19H31N3O3S. The number of H-pyrrole nitrogens is 1. The van der Waals surface area contributed by atoms with E-state index in [0.717, 1.165) is 49.6 Å². The Kier molecular flexibility index (Phi) is 7.49. The molecule has 0 fully saturated rings. The summed E-state index contributed by atoms with van der Waals surface area (Å²) >= 11 is 0. The fourth-order valence-corrected chi connectivity index (χ4v) is 3.70. The van der Waals surface area contributed by atoms with Gasteiger partial charge in [0.1, 0.15) is 5.75 Å². The number of nitrogens with two attached hydrogens (primary N) is 1. The van der Waals surface area contributed by atoms with Gasteiger partial charge in [-0.15, -0.1) is 0 Å². The average Bonchev–Trinajstić information content (AvgIpc) is 2.97. The van der Waals surface area contributed by atoms with E-state index in [4.69, 9.17) is 9.88 Å². The van der Waals surface area contributed by atoms with Crippen molar-refractivity contribution in [1.82, 2.24) is 9.88 Å². The fourth-order valence-electron chi connectivity index (χ4n) is 2.96. The lowest BCUT2D eigenvalue weighted by Gasteiger charge is -2.17. The number of ether oxygens (including phenoxy) is 1. The van der Waals surface area contributed by atoms with Crippen LogP contribution in [-0.4, -0.2) is 44.4 Å². The molecule has 1 aromatic heterocycles. The SMILES string of the molecule is CCCCCCC(Oc1ccc2[nH]cc(CCN(C)C)c2c1)S(N)(=O)=O. The molecule has 1 aromatic carbocycles. The summed E-state index contributed by atoms with van der Waals surface area (Å²) in [5.74, 6) is 0.540. The lowest BCUT2D eigenvalue weighted by atomic mass is 10.1. The minimum absolute atomic E-state index is 0.414. The molecule has 0 aliphatic rings. The molecule has 0 saturated heterocycles. The molecule has 0 radical (unpaired) electrons. The Labute approximate surface area is 156 Å². The largest absolute Gasteiger partial charge is 0.473 e. The summed E-state index contributed by atoms with van der Waals surface area (Å²) in [5, 5.41) is 6.44. The zero-order chi connectivity index (χ0) is 19.2. The van der Waals surface area contributed by atoms with Crippen LogP contribution in [0.25, 0.3) is 10.9 Å². The lowest BCUT2D eigenvalue weighted by molar-refractivity contribution is 0.257. The minimum atomic E-state index is -3.76. The highest BCUT2D eigenvalue weighted by molar-refractivity contribution is 7.89. The molecule has 0 aliphatic heterocycles. The summed E-state index contributed by atoms with van der Waals surface area (Å²) in [6, 6.07) is 5.61. The summed E-state index contributed by atoms with van der Waals surface area (Å²) < 4.78 is 29.6. The van der Waals surface area contributed by atoms with Gasteiger partial charge < -0.3 is 14.6 Å². The van der Waals surface area contributed by atoms with Crippen LogP contribution in [0, 0.1) is 0 Å². The molecule has 0 saturated carbocycles. The highest BCUT2D eigenvalue weighted by atomic mass is 32.2. The molecular weight excluding hydrogens is 350 g/mol. The van der Waals surface area contributed by atoms with Crippen molar-refractivity contribution < 1.29 is 13.2 Å². The van der Waals surface area contributed by atoms with E-state index in [-0.39, 0.29) is 0 Å². The molecule has 0 aliphatic carbocycles. The first-order valence-corrected chi connectivity index (χ1v) is 10.8. The Morgan fingerprint density at radius 3 is 2.65 bits per heavy atom. The molecule has 0 amide bonds. The Hall–Kier alpha value is -1.57. The maximum atomic E-state index is 11.9. The molecule has 1 unspecified atom stereocenters. The normalized spacial score (nSPS) is 13.4. The number of sulfonamides is 1. The van der Waals surface area contributed by atoms with Crippen molar-refractivity contribution in [3.63, 3.8) is 0 Å². The first-order valence-electron chi connectivity index (χ1n) is 9.24. The molecule has 2 aromatic rings. The van der Waals surface area contributed by atoms with Crippen molar-refractivity contribution in [3.05, 3.63) is 30.0 Å². The van der Waals surface area contributed by atoms with Gasteiger partial charge >= 0.3 is 0 Å². The van der Waals surface area contributed by atoms with Gasteiger partial charge in [-0.3, -0.25) is 0 Å². The van der Waals surface area contributed by atoms with E-state index in [1.54, 1.807) is 6.07 Å². The molecule has 6 nitrogen and oxygen atoms in total. The molecule has 1 heterocycles. The first-order chi connectivity index (χ1) is 12.3. The van der Waals surface area contributed by atoms with Gasteiger partial charge in [-0.1, -0.05) is 26.2 Å². The van der Waals surface area contributed by atoms with Crippen molar-refractivity contribution >= 4 is 20.9 Å². The van der Waals surface area contributed by atoms with Crippen molar-refractivity contribution in [1.29, 1.82) is 0 Å². The summed E-state index contributed by atoms with van der Waals surface area (Å²) in [7, 11) is 0.322. The predicted molar refractivity (Wildman–Crippen MR) is 107 cm³/mol. The fraction of sp³-hybridized carbons (Fsp3) is 0.579. The number of aromatic nitrogens is 1. The third-order valence-electron chi connectivity index (χ3n) is 4.49. The van der Waals surface area contributed by atoms with Gasteiger partial charge in [-0.25, -0.2) is 13.6 Å². The Balaban J connectivity index is 2.14. The van der Waals surface area contributed by atoms with Crippen LogP contribution < -0.4 is 9.88 Å². The molecule has 1 atom stereocenters. The van der Waals surface area contributed by atoms with Crippen LogP contribution in [0.1, 0.15) is 44.6 Å². The number of nitrogens with zero attached hydrogens (tertiary/aromatic N) is 1. The number of rotatable bonds is 11. The third-order valence-corrected chi connectivity index (χ3v) is 5.56. The van der Waals surface area contributed by atoms with Gasteiger partial charge in [0.2, 0.25) is 15.5 Å². The van der Waals surface area contributed by atoms with E-state index in [9.17, 15) is 8.42 Å². The molecule has 7 heteroatoms.